The number of halogens is 1. The van der Waals surface area contributed by atoms with Gasteiger partial charge in [0.05, 0.1) is 18.3 Å². The van der Waals surface area contributed by atoms with Gasteiger partial charge in [0.15, 0.2) is 0 Å². The van der Waals surface area contributed by atoms with Crippen LogP contribution in [0.25, 0.3) is 11.1 Å². The first-order valence-corrected chi connectivity index (χ1v) is 12.6. The molecule has 0 amide bonds. The summed E-state index contributed by atoms with van der Waals surface area (Å²) in [7, 11) is 0. The normalized spacial score (nSPS) is 21.4. The van der Waals surface area contributed by atoms with Crippen LogP contribution in [0.4, 0.5) is 4.39 Å². The first kappa shape index (κ1) is 23.2. The number of benzene rings is 3. The Bertz CT molecular complexity index is 1070. The monoisotopic (exact) mass is 459 g/mol. The minimum atomic E-state index is -1.04. The van der Waals surface area contributed by atoms with Gasteiger partial charge in [0.1, 0.15) is 5.82 Å². The van der Waals surface area contributed by atoms with Gasteiger partial charge in [-0.2, -0.15) is 0 Å². The SMILES string of the molecule is OC(Cc1cc(F)ccc1-c1ccccc1)(C1CCCC1)C1CN(Cc2ccccc2)CCO1. The van der Waals surface area contributed by atoms with Gasteiger partial charge in [-0.15, -0.1) is 0 Å². The van der Waals surface area contributed by atoms with Crippen molar-refractivity contribution in [3.63, 3.8) is 0 Å². The topological polar surface area (TPSA) is 32.7 Å². The van der Waals surface area contributed by atoms with Crippen LogP contribution in [0, 0.1) is 11.7 Å². The van der Waals surface area contributed by atoms with Crippen molar-refractivity contribution in [1.29, 1.82) is 0 Å². The molecule has 34 heavy (non-hydrogen) atoms. The second kappa shape index (κ2) is 10.4. The van der Waals surface area contributed by atoms with Crippen LogP contribution >= 0.6 is 0 Å². The smallest absolute Gasteiger partial charge is 0.123 e. The third kappa shape index (κ3) is 5.10. The molecule has 2 fully saturated rings. The minimum Gasteiger partial charge on any atom is -0.386 e. The molecule has 1 saturated heterocycles. The molecule has 1 aliphatic carbocycles. The third-order valence-corrected chi connectivity index (χ3v) is 7.64. The lowest BCUT2D eigenvalue weighted by atomic mass is 9.75. The maximum atomic E-state index is 14.4. The van der Waals surface area contributed by atoms with Gasteiger partial charge in [-0.3, -0.25) is 4.90 Å². The van der Waals surface area contributed by atoms with Gasteiger partial charge in [0.25, 0.3) is 0 Å². The zero-order chi connectivity index (χ0) is 23.4. The van der Waals surface area contributed by atoms with Gasteiger partial charge in [-0.05, 0) is 53.1 Å². The van der Waals surface area contributed by atoms with E-state index in [1.54, 1.807) is 6.07 Å². The third-order valence-electron chi connectivity index (χ3n) is 7.64. The van der Waals surface area contributed by atoms with Crippen LogP contribution < -0.4 is 0 Å². The summed E-state index contributed by atoms with van der Waals surface area (Å²) in [6.07, 6.45) is 4.32. The number of morpholine rings is 1. The number of hydrogen-bond acceptors (Lipinski definition) is 3. The summed E-state index contributed by atoms with van der Waals surface area (Å²) >= 11 is 0. The highest BCUT2D eigenvalue weighted by molar-refractivity contribution is 5.67. The van der Waals surface area contributed by atoms with Crippen molar-refractivity contribution in [2.45, 2.75) is 50.4 Å². The van der Waals surface area contributed by atoms with Crippen molar-refractivity contribution in [2.24, 2.45) is 5.92 Å². The minimum absolute atomic E-state index is 0.154. The van der Waals surface area contributed by atoms with E-state index in [9.17, 15) is 9.50 Å². The molecule has 2 aliphatic rings. The molecule has 1 N–H and O–H groups in total. The maximum Gasteiger partial charge on any atom is 0.123 e. The first-order chi connectivity index (χ1) is 16.6. The molecule has 0 spiro atoms. The van der Waals surface area contributed by atoms with Crippen molar-refractivity contribution in [1.82, 2.24) is 4.90 Å². The van der Waals surface area contributed by atoms with E-state index in [4.69, 9.17) is 4.74 Å². The molecule has 5 rings (SSSR count). The Morgan fingerprint density at radius 1 is 0.941 bits per heavy atom. The largest absolute Gasteiger partial charge is 0.386 e. The fraction of sp³-hybridized carbons (Fsp3) is 0.400. The Balaban J connectivity index is 1.44. The van der Waals surface area contributed by atoms with E-state index in [1.165, 1.54) is 11.6 Å². The molecule has 1 heterocycles. The zero-order valence-corrected chi connectivity index (χ0v) is 19.7. The average molecular weight is 460 g/mol. The van der Waals surface area contributed by atoms with E-state index in [1.807, 2.05) is 42.5 Å². The standard InChI is InChI=1S/C30H34FNO2/c31-27-15-16-28(24-11-5-2-6-12-24)25(19-27)20-30(33,26-13-7-8-14-26)29-22-32(17-18-34-29)21-23-9-3-1-4-10-23/h1-6,9-12,15-16,19,26,29,33H,7-8,13-14,17-18,20-22H2. The molecule has 2 atom stereocenters. The van der Waals surface area contributed by atoms with Crippen LogP contribution in [0.3, 0.4) is 0 Å². The molecular weight excluding hydrogens is 425 g/mol. The summed E-state index contributed by atoms with van der Waals surface area (Å²) in [5.41, 5.74) is 3.11. The van der Waals surface area contributed by atoms with E-state index in [-0.39, 0.29) is 17.8 Å². The van der Waals surface area contributed by atoms with Gasteiger partial charge in [-0.25, -0.2) is 4.39 Å². The predicted molar refractivity (Wildman–Crippen MR) is 134 cm³/mol. The fourth-order valence-electron chi connectivity index (χ4n) is 5.85. The summed E-state index contributed by atoms with van der Waals surface area (Å²) in [5, 5.41) is 12.4. The number of hydrogen-bond donors (Lipinski definition) is 1. The Labute approximate surface area is 202 Å². The maximum absolute atomic E-state index is 14.4. The van der Waals surface area contributed by atoms with Crippen LogP contribution in [-0.4, -0.2) is 41.4 Å². The fourth-order valence-corrected chi connectivity index (χ4v) is 5.85. The molecule has 3 nitrogen and oxygen atoms in total. The first-order valence-electron chi connectivity index (χ1n) is 12.6. The molecule has 0 radical (unpaired) electrons. The van der Waals surface area contributed by atoms with Gasteiger partial charge >= 0.3 is 0 Å². The van der Waals surface area contributed by atoms with E-state index < -0.39 is 5.60 Å². The molecule has 3 aromatic carbocycles. The highest BCUT2D eigenvalue weighted by atomic mass is 19.1. The summed E-state index contributed by atoms with van der Waals surface area (Å²) in [6.45, 7) is 2.97. The quantitative estimate of drug-likeness (QED) is 0.481. The van der Waals surface area contributed by atoms with Crippen molar-refractivity contribution in [3.05, 3.63) is 95.8 Å². The second-order valence-corrected chi connectivity index (χ2v) is 9.90. The Morgan fingerprint density at radius 2 is 1.65 bits per heavy atom. The lowest BCUT2D eigenvalue weighted by molar-refractivity contribution is -0.168. The van der Waals surface area contributed by atoms with Crippen LogP contribution in [0.2, 0.25) is 0 Å². The van der Waals surface area contributed by atoms with Crippen molar-refractivity contribution < 1.29 is 14.2 Å². The summed E-state index contributed by atoms with van der Waals surface area (Å²) < 4.78 is 20.7. The summed E-state index contributed by atoms with van der Waals surface area (Å²) in [4.78, 5) is 2.38. The van der Waals surface area contributed by atoms with E-state index in [2.05, 4.69) is 29.2 Å². The Morgan fingerprint density at radius 3 is 2.38 bits per heavy atom. The predicted octanol–water partition coefficient (Wildman–Crippen LogP) is 5.86. The Hall–Kier alpha value is -2.53. The average Bonchev–Trinajstić information content (AvgIpc) is 3.41. The van der Waals surface area contributed by atoms with E-state index in [0.717, 1.165) is 55.5 Å². The van der Waals surface area contributed by atoms with Crippen LogP contribution in [0.1, 0.15) is 36.8 Å². The van der Waals surface area contributed by atoms with E-state index >= 15 is 0 Å². The molecule has 1 aliphatic heterocycles. The van der Waals surface area contributed by atoms with Crippen molar-refractivity contribution >= 4 is 0 Å². The molecule has 0 aromatic heterocycles. The van der Waals surface area contributed by atoms with Crippen molar-refractivity contribution in [2.75, 3.05) is 19.7 Å². The lowest BCUT2D eigenvalue weighted by Gasteiger charge is -2.45. The van der Waals surface area contributed by atoms with Gasteiger partial charge in [0.2, 0.25) is 0 Å². The van der Waals surface area contributed by atoms with Crippen LogP contribution in [-0.2, 0) is 17.7 Å². The molecule has 2 unspecified atom stereocenters. The number of aliphatic hydroxyl groups is 1. The summed E-state index contributed by atoms with van der Waals surface area (Å²) in [6, 6.07) is 25.5. The number of rotatable bonds is 7. The van der Waals surface area contributed by atoms with Gasteiger partial charge in [-0.1, -0.05) is 79.6 Å². The lowest BCUT2D eigenvalue weighted by Crippen LogP contribution is -2.58. The molecular formula is C30H34FNO2. The molecule has 3 aromatic rings. The van der Waals surface area contributed by atoms with Crippen molar-refractivity contribution in [3.8, 4) is 11.1 Å². The highest BCUT2D eigenvalue weighted by Crippen LogP contribution is 2.41. The van der Waals surface area contributed by atoms with Crippen LogP contribution in [0.15, 0.2) is 78.9 Å². The summed E-state index contributed by atoms with van der Waals surface area (Å²) in [5.74, 6) is -0.111. The van der Waals surface area contributed by atoms with Gasteiger partial charge in [0, 0.05) is 26.1 Å². The second-order valence-electron chi connectivity index (χ2n) is 9.90. The number of nitrogens with zero attached hydrogens (tertiary/aromatic N) is 1. The van der Waals surface area contributed by atoms with E-state index in [0.29, 0.717) is 19.6 Å². The molecule has 178 valence electrons. The Kier molecular flexibility index (Phi) is 7.10. The zero-order valence-electron chi connectivity index (χ0n) is 19.7. The number of ether oxygens (including phenoxy) is 1. The van der Waals surface area contributed by atoms with Gasteiger partial charge < -0.3 is 9.84 Å². The molecule has 1 saturated carbocycles. The van der Waals surface area contributed by atoms with Crippen LogP contribution in [0.5, 0.6) is 0 Å². The molecule has 0 bridgehead atoms. The molecule has 4 heteroatoms. The highest BCUT2D eigenvalue weighted by Gasteiger charge is 2.47.